The minimum absolute atomic E-state index is 0.218. The highest BCUT2D eigenvalue weighted by Crippen LogP contribution is 2.75. The van der Waals surface area contributed by atoms with Crippen LogP contribution in [0, 0.1) is 39.9 Å². The van der Waals surface area contributed by atoms with Gasteiger partial charge in [0.05, 0.1) is 17.6 Å². The Morgan fingerprint density at radius 3 is 2.31 bits per heavy atom. The van der Waals surface area contributed by atoms with E-state index in [1.54, 1.807) is 6.92 Å². The van der Waals surface area contributed by atoms with Gasteiger partial charge in [0.2, 0.25) is 0 Å². The number of hydrogen-bond acceptors (Lipinski definition) is 10. The standard InChI is InChI=1S/C38H45F3O10/c1-31-17-23(24(18-31)49-29(44)34(31,4)46)35(47)26(43)16-22-20-15-28-37(51-28)27(12-11-25(42)33(37,3)21(20)13-14-32(22,35)2)50-30(45)36(48-5,38(39,40)41)19-9-7-6-8-10-19/h6-12,20-24,26-28,43,46-47H,13-18H2,1-5H3/t20-,21+,22+,23-,24-,26-,27+,28-,31-,32+,33+,34+,35-,36+,37-/m1/s1. The molecule has 8 rings (SSSR count). The zero-order chi connectivity index (χ0) is 36.9. The lowest BCUT2D eigenvalue weighted by Gasteiger charge is -2.59. The van der Waals surface area contributed by atoms with Crippen molar-refractivity contribution in [1.82, 2.24) is 0 Å². The summed E-state index contributed by atoms with van der Waals surface area (Å²) in [4.78, 5) is 40.6. The average Bonchev–Trinajstić information content (AvgIpc) is 3.65. The van der Waals surface area contributed by atoms with Crippen molar-refractivity contribution in [3.05, 3.63) is 48.0 Å². The summed E-state index contributed by atoms with van der Waals surface area (Å²) >= 11 is 0. The monoisotopic (exact) mass is 718 g/mol. The second-order valence-corrected chi connectivity index (χ2v) is 17.1. The molecule has 0 radical (unpaired) electrons. The normalized spacial score (nSPS) is 50.6. The molecule has 278 valence electrons. The van der Waals surface area contributed by atoms with Crippen molar-refractivity contribution in [3.63, 3.8) is 0 Å². The van der Waals surface area contributed by atoms with Crippen molar-refractivity contribution in [2.24, 2.45) is 39.9 Å². The Kier molecular flexibility index (Phi) is 7.20. The Morgan fingerprint density at radius 1 is 0.980 bits per heavy atom. The summed E-state index contributed by atoms with van der Waals surface area (Å²) in [5.41, 5.74) is -11.7. The summed E-state index contributed by atoms with van der Waals surface area (Å²) in [5.74, 6) is -4.23. The number of aliphatic hydroxyl groups excluding tert-OH is 1. The van der Waals surface area contributed by atoms with Gasteiger partial charge < -0.3 is 34.3 Å². The van der Waals surface area contributed by atoms with Gasteiger partial charge in [-0.3, -0.25) is 4.79 Å². The highest BCUT2D eigenvalue weighted by molar-refractivity contribution is 5.98. The molecule has 2 bridgehead atoms. The molecule has 15 atom stereocenters. The molecule has 6 fully saturated rings. The number of allylic oxidation sites excluding steroid dienone is 1. The van der Waals surface area contributed by atoms with Crippen LogP contribution in [0.2, 0.25) is 0 Å². The summed E-state index contributed by atoms with van der Waals surface area (Å²) < 4.78 is 67.1. The molecule has 13 heteroatoms. The van der Waals surface area contributed by atoms with Crippen molar-refractivity contribution in [2.75, 3.05) is 7.11 Å². The summed E-state index contributed by atoms with van der Waals surface area (Å²) in [6.07, 6.45) is -4.43. The maximum absolute atomic E-state index is 14.8. The maximum Gasteiger partial charge on any atom is 0.432 e. The lowest BCUT2D eigenvalue weighted by Crippen LogP contribution is -2.66. The van der Waals surface area contributed by atoms with E-state index < -0.39 is 92.7 Å². The fraction of sp³-hybridized carbons (Fsp3) is 0.711. The van der Waals surface area contributed by atoms with Crippen molar-refractivity contribution in [2.45, 2.75) is 119 Å². The maximum atomic E-state index is 14.8. The molecule has 51 heavy (non-hydrogen) atoms. The first-order valence-electron chi connectivity index (χ1n) is 17.8. The molecule has 1 spiro atoms. The van der Waals surface area contributed by atoms with E-state index in [1.165, 1.54) is 37.3 Å². The Labute approximate surface area is 293 Å². The van der Waals surface area contributed by atoms with E-state index in [9.17, 15) is 42.9 Å². The number of epoxide rings is 1. The molecular formula is C38H45F3O10. The van der Waals surface area contributed by atoms with E-state index in [0.717, 1.165) is 19.2 Å². The molecule has 5 aliphatic carbocycles. The summed E-state index contributed by atoms with van der Waals surface area (Å²) in [7, 11) is 0.799. The third-order valence-corrected chi connectivity index (χ3v) is 15.5. The number of rotatable bonds is 5. The third-order valence-electron chi connectivity index (χ3n) is 15.5. The van der Waals surface area contributed by atoms with Crippen molar-refractivity contribution in [3.8, 4) is 0 Å². The number of fused-ring (bicyclic) bond motifs is 6. The van der Waals surface area contributed by atoms with E-state index >= 15 is 0 Å². The van der Waals surface area contributed by atoms with Crippen LogP contribution in [0.1, 0.15) is 71.8 Å². The number of carbonyl (C=O) groups excluding carboxylic acids is 3. The minimum atomic E-state index is -5.19. The van der Waals surface area contributed by atoms with Gasteiger partial charge in [0, 0.05) is 29.4 Å². The predicted octanol–water partition coefficient (Wildman–Crippen LogP) is 3.93. The number of aliphatic hydroxyl groups is 3. The quantitative estimate of drug-likeness (QED) is 0.302. The molecule has 0 unspecified atom stereocenters. The van der Waals surface area contributed by atoms with Gasteiger partial charge in [-0.05, 0) is 82.3 Å². The molecule has 4 saturated carbocycles. The fourth-order valence-electron chi connectivity index (χ4n) is 12.3. The lowest BCUT2D eigenvalue weighted by molar-refractivity contribution is -0.279. The van der Waals surface area contributed by atoms with E-state index in [1.807, 2.05) is 13.8 Å². The molecular weight excluding hydrogens is 673 g/mol. The molecule has 0 aromatic heterocycles. The average molecular weight is 719 g/mol. The number of ether oxygens (including phenoxy) is 4. The van der Waals surface area contributed by atoms with Crippen LogP contribution in [0.5, 0.6) is 0 Å². The molecule has 2 heterocycles. The van der Waals surface area contributed by atoms with E-state index in [-0.39, 0.29) is 36.4 Å². The molecule has 0 amide bonds. The number of alkyl halides is 3. The topological polar surface area (TPSA) is 152 Å². The van der Waals surface area contributed by atoms with Crippen molar-refractivity contribution >= 4 is 17.7 Å². The molecule has 1 aromatic carbocycles. The highest BCUT2D eigenvalue weighted by Gasteiger charge is 2.83. The van der Waals surface area contributed by atoms with Crippen LogP contribution in [-0.2, 0) is 38.9 Å². The van der Waals surface area contributed by atoms with Gasteiger partial charge in [0.15, 0.2) is 17.5 Å². The van der Waals surface area contributed by atoms with E-state index in [2.05, 4.69) is 0 Å². The van der Waals surface area contributed by atoms with Crippen molar-refractivity contribution < 1.29 is 61.8 Å². The van der Waals surface area contributed by atoms with Crippen LogP contribution in [0.25, 0.3) is 0 Å². The van der Waals surface area contributed by atoms with Crippen molar-refractivity contribution in [1.29, 1.82) is 0 Å². The van der Waals surface area contributed by atoms with Gasteiger partial charge in [0.1, 0.15) is 17.3 Å². The highest BCUT2D eigenvalue weighted by atomic mass is 19.4. The number of carbonyl (C=O) groups is 3. The molecule has 3 N–H and O–H groups in total. The van der Waals surface area contributed by atoms with Crippen LogP contribution in [0.15, 0.2) is 42.5 Å². The Balaban J connectivity index is 1.11. The second-order valence-electron chi connectivity index (χ2n) is 17.1. The first kappa shape index (κ1) is 35.2. The number of methoxy groups -OCH3 is 1. The molecule has 1 aromatic rings. The van der Waals surface area contributed by atoms with E-state index in [0.29, 0.717) is 25.7 Å². The molecule has 7 aliphatic rings. The summed E-state index contributed by atoms with van der Waals surface area (Å²) in [6, 6.07) is 6.54. The van der Waals surface area contributed by atoms with Crippen LogP contribution >= 0.6 is 0 Å². The van der Waals surface area contributed by atoms with Gasteiger partial charge in [-0.25, -0.2) is 9.59 Å². The Bertz CT molecular complexity index is 1710. The third kappa shape index (κ3) is 3.94. The van der Waals surface area contributed by atoms with Gasteiger partial charge in [-0.15, -0.1) is 0 Å². The van der Waals surface area contributed by atoms with Gasteiger partial charge in [0.25, 0.3) is 5.60 Å². The Morgan fingerprint density at radius 2 is 1.67 bits per heavy atom. The second kappa shape index (κ2) is 10.4. The van der Waals surface area contributed by atoms with E-state index in [4.69, 9.17) is 18.9 Å². The van der Waals surface area contributed by atoms with Gasteiger partial charge >= 0.3 is 18.1 Å². The fourth-order valence-corrected chi connectivity index (χ4v) is 12.3. The molecule has 2 aliphatic heterocycles. The van der Waals surface area contributed by atoms with Gasteiger partial charge in [-0.2, -0.15) is 13.2 Å². The zero-order valence-corrected chi connectivity index (χ0v) is 29.2. The first-order valence-corrected chi connectivity index (χ1v) is 17.8. The number of benzene rings is 1. The number of esters is 2. The zero-order valence-electron chi connectivity index (χ0n) is 29.2. The van der Waals surface area contributed by atoms with Crippen LogP contribution in [-0.4, -0.2) is 87.5 Å². The number of hydrogen-bond donors (Lipinski definition) is 3. The van der Waals surface area contributed by atoms with Crippen LogP contribution in [0.4, 0.5) is 13.2 Å². The predicted molar refractivity (Wildman–Crippen MR) is 170 cm³/mol. The minimum Gasteiger partial charge on any atom is -0.460 e. The molecule has 2 saturated heterocycles. The summed E-state index contributed by atoms with van der Waals surface area (Å²) in [6.45, 7) is 6.93. The number of halogens is 3. The smallest absolute Gasteiger partial charge is 0.432 e. The SMILES string of the molecule is CO[C@](C(=O)O[C@H]1C=CC(=O)[C@]2(C)[C@H]3CC[C@@]4(C)[C@@H](C[C@@H](O)[C@]4(O)[C@@H]4C[C@]5(C)C[C@H]4OC(=O)[C@]5(C)O)[C@@H]3C[C@H]3O[C@]132)(c1ccccc1)C(F)(F)F. The van der Waals surface area contributed by atoms with Crippen LogP contribution in [0.3, 0.4) is 0 Å². The number of ketones is 1. The summed E-state index contributed by atoms with van der Waals surface area (Å²) in [5, 5.41) is 35.7. The largest absolute Gasteiger partial charge is 0.460 e. The first-order chi connectivity index (χ1) is 23.7. The van der Waals surface area contributed by atoms with Crippen LogP contribution < -0.4 is 0 Å². The van der Waals surface area contributed by atoms with Gasteiger partial charge in [-0.1, -0.05) is 44.2 Å². The Hall–Kier alpha value is -2.84. The molecule has 10 nitrogen and oxygen atoms in total. The lowest BCUT2D eigenvalue weighted by atomic mass is 9.43.